The van der Waals surface area contributed by atoms with Crippen molar-refractivity contribution in [3.8, 4) is 0 Å². The second-order valence-electron chi connectivity index (χ2n) is 7.58. The normalized spacial score (nSPS) is 15.5. The van der Waals surface area contributed by atoms with Gasteiger partial charge in [-0.3, -0.25) is 4.90 Å². The SMILES string of the molecule is CC(C)(C)OC(=O)NCCCN1CCN(c2ccc(F)c(C(=O)O)c2)CC1. The summed E-state index contributed by atoms with van der Waals surface area (Å²) < 4.78 is 18.7. The maximum Gasteiger partial charge on any atom is 0.407 e. The highest BCUT2D eigenvalue weighted by Crippen LogP contribution is 2.20. The van der Waals surface area contributed by atoms with Crippen molar-refractivity contribution in [3.63, 3.8) is 0 Å². The molecule has 2 rings (SSSR count). The van der Waals surface area contributed by atoms with Gasteiger partial charge in [0, 0.05) is 38.4 Å². The number of carbonyl (C=O) groups excluding carboxylic acids is 1. The van der Waals surface area contributed by atoms with Gasteiger partial charge < -0.3 is 20.1 Å². The molecule has 1 aliphatic rings. The third-order valence-corrected chi connectivity index (χ3v) is 4.24. The molecule has 1 aliphatic heterocycles. The number of benzene rings is 1. The first kappa shape index (κ1) is 21.0. The van der Waals surface area contributed by atoms with E-state index in [1.807, 2.05) is 20.8 Å². The Bertz CT molecular complexity index is 667. The minimum Gasteiger partial charge on any atom is -0.478 e. The number of nitrogens with zero attached hydrogens (tertiary/aromatic N) is 2. The highest BCUT2D eigenvalue weighted by Gasteiger charge is 2.20. The molecular formula is C19H28FN3O4. The Morgan fingerprint density at radius 3 is 2.48 bits per heavy atom. The number of nitrogens with one attached hydrogen (secondary N) is 1. The molecule has 1 amide bonds. The molecule has 1 saturated heterocycles. The number of ether oxygens (including phenoxy) is 1. The quantitative estimate of drug-likeness (QED) is 0.737. The summed E-state index contributed by atoms with van der Waals surface area (Å²) in [5.41, 5.74) is -0.0791. The number of halogens is 1. The molecule has 2 N–H and O–H groups in total. The average molecular weight is 381 g/mol. The van der Waals surface area contributed by atoms with Crippen LogP contribution in [0.25, 0.3) is 0 Å². The van der Waals surface area contributed by atoms with Gasteiger partial charge in [-0.15, -0.1) is 0 Å². The molecule has 27 heavy (non-hydrogen) atoms. The fraction of sp³-hybridized carbons (Fsp3) is 0.579. The molecule has 1 fully saturated rings. The van der Waals surface area contributed by atoms with Gasteiger partial charge in [0.2, 0.25) is 0 Å². The van der Waals surface area contributed by atoms with Gasteiger partial charge in [-0.05, 0) is 51.9 Å². The predicted molar refractivity (Wildman–Crippen MR) is 101 cm³/mol. The average Bonchev–Trinajstić information content (AvgIpc) is 2.58. The van der Waals surface area contributed by atoms with Crippen LogP contribution in [0.2, 0.25) is 0 Å². The molecule has 0 aromatic heterocycles. The lowest BCUT2D eigenvalue weighted by molar-refractivity contribution is 0.0525. The molecule has 8 heteroatoms. The first-order valence-corrected chi connectivity index (χ1v) is 9.13. The van der Waals surface area contributed by atoms with Crippen LogP contribution >= 0.6 is 0 Å². The molecule has 0 saturated carbocycles. The van der Waals surface area contributed by atoms with E-state index in [-0.39, 0.29) is 5.56 Å². The molecule has 0 spiro atoms. The van der Waals surface area contributed by atoms with Gasteiger partial charge in [0.1, 0.15) is 11.4 Å². The van der Waals surface area contributed by atoms with Crippen LogP contribution in [-0.4, -0.2) is 66.9 Å². The number of hydrogen-bond donors (Lipinski definition) is 2. The lowest BCUT2D eigenvalue weighted by Crippen LogP contribution is -2.47. The fourth-order valence-corrected chi connectivity index (χ4v) is 2.91. The van der Waals surface area contributed by atoms with E-state index < -0.39 is 23.5 Å². The molecule has 0 radical (unpaired) electrons. The van der Waals surface area contributed by atoms with Crippen molar-refractivity contribution in [2.45, 2.75) is 32.8 Å². The molecular weight excluding hydrogens is 353 g/mol. The second kappa shape index (κ2) is 9.03. The molecule has 0 unspecified atom stereocenters. The van der Waals surface area contributed by atoms with E-state index in [2.05, 4.69) is 15.1 Å². The molecule has 1 heterocycles. The van der Waals surface area contributed by atoms with E-state index in [4.69, 9.17) is 9.84 Å². The maximum atomic E-state index is 13.5. The lowest BCUT2D eigenvalue weighted by Gasteiger charge is -2.36. The summed E-state index contributed by atoms with van der Waals surface area (Å²) in [7, 11) is 0. The van der Waals surface area contributed by atoms with Gasteiger partial charge in [-0.2, -0.15) is 0 Å². The van der Waals surface area contributed by atoms with Gasteiger partial charge in [0.05, 0.1) is 5.56 Å². The number of hydrogen-bond acceptors (Lipinski definition) is 5. The Hall–Kier alpha value is -2.35. The summed E-state index contributed by atoms with van der Waals surface area (Å²) in [6, 6.07) is 4.20. The Labute approximate surface area is 159 Å². The smallest absolute Gasteiger partial charge is 0.407 e. The summed E-state index contributed by atoms with van der Waals surface area (Å²) in [5.74, 6) is -1.98. The molecule has 7 nitrogen and oxygen atoms in total. The zero-order chi connectivity index (χ0) is 20.0. The van der Waals surface area contributed by atoms with Crippen molar-refractivity contribution < 1.29 is 23.8 Å². The van der Waals surface area contributed by atoms with Crippen molar-refractivity contribution in [2.24, 2.45) is 0 Å². The van der Waals surface area contributed by atoms with Crippen molar-refractivity contribution in [1.29, 1.82) is 0 Å². The van der Waals surface area contributed by atoms with Gasteiger partial charge >= 0.3 is 12.1 Å². The van der Waals surface area contributed by atoms with Crippen LogP contribution in [0.4, 0.5) is 14.9 Å². The van der Waals surface area contributed by atoms with E-state index >= 15 is 0 Å². The predicted octanol–water partition coefficient (Wildman–Crippen LogP) is 2.56. The van der Waals surface area contributed by atoms with Gasteiger partial charge in [-0.25, -0.2) is 14.0 Å². The number of alkyl carbamates (subject to hydrolysis) is 1. The van der Waals surface area contributed by atoms with E-state index in [9.17, 15) is 14.0 Å². The largest absolute Gasteiger partial charge is 0.478 e. The standard InChI is InChI=1S/C19H28FN3O4/c1-19(2,3)27-18(26)21-7-4-8-22-9-11-23(12-10-22)14-5-6-16(20)15(13-14)17(24)25/h5-6,13H,4,7-12H2,1-3H3,(H,21,26)(H,24,25). The summed E-state index contributed by atoms with van der Waals surface area (Å²) in [4.78, 5) is 27.0. The monoisotopic (exact) mass is 381 g/mol. The lowest BCUT2D eigenvalue weighted by atomic mass is 10.1. The van der Waals surface area contributed by atoms with E-state index in [0.29, 0.717) is 6.54 Å². The third-order valence-electron chi connectivity index (χ3n) is 4.24. The van der Waals surface area contributed by atoms with Crippen molar-refractivity contribution in [1.82, 2.24) is 10.2 Å². The minimum atomic E-state index is -1.26. The summed E-state index contributed by atoms with van der Waals surface area (Å²) in [5, 5.41) is 11.8. The topological polar surface area (TPSA) is 82.1 Å². The molecule has 0 atom stereocenters. The Kier molecular flexibility index (Phi) is 7.01. The first-order valence-electron chi connectivity index (χ1n) is 9.13. The van der Waals surface area contributed by atoms with Crippen LogP contribution in [0.3, 0.4) is 0 Å². The number of carboxylic acids is 1. The minimum absolute atomic E-state index is 0.303. The van der Waals surface area contributed by atoms with Gasteiger partial charge in [-0.1, -0.05) is 0 Å². The van der Waals surface area contributed by atoms with Gasteiger partial charge in [0.25, 0.3) is 0 Å². The highest BCUT2D eigenvalue weighted by atomic mass is 19.1. The van der Waals surface area contributed by atoms with Gasteiger partial charge in [0.15, 0.2) is 0 Å². The Balaban J connectivity index is 1.72. The summed E-state index contributed by atoms with van der Waals surface area (Å²) >= 11 is 0. The number of rotatable bonds is 6. The zero-order valence-corrected chi connectivity index (χ0v) is 16.1. The van der Waals surface area contributed by atoms with Crippen LogP contribution in [0.1, 0.15) is 37.6 Å². The number of aromatic carboxylic acids is 1. The molecule has 0 bridgehead atoms. The molecule has 150 valence electrons. The molecule has 1 aromatic rings. The van der Waals surface area contributed by atoms with Crippen LogP contribution in [-0.2, 0) is 4.74 Å². The van der Waals surface area contributed by atoms with Crippen molar-refractivity contribution >= 4 is 17.7 Å². The van der Waals surface area contributed by atoms with E-state index in [1.165, 1.54) is 12.1 Å². The number of carbonyl (C=O) groups is 2. The van der Waals surface area contributed by atoms with Crippen LogP contribution < -0.4 is 10.2 Å². The van der Waals surface area contributed by atoms with Crippen LogP contribution in [0.15, 0.2) is 18.2 Å². The second-order valence-corrected chi connectivity index (χ2v) is 7.58. The Morgan fingerprint density at radius 1 is 1.22 bits per heavy atom. The molecule has 1 aromatic carbocycles. The number of carboxylic acid groups (broad SMARTS) is 1. The van der Waals surface area contributed by atoms with Crippen LogP contribution in [0.5, 0.6) is 0 Å². The number of piperazine rings is 1. The number of amides is 1. The van der Waals surface area contributed by atoms with E-state index in [0.717, 1.165) is 44.8 Å². The highest BCUT2D eigenvalue weighted by molar-refractivity contribution is 5.89. The fourth-order valence-electron chi connectivity index (χ4n) is 2.91. The Morgan fingerprint density at radius 2 is 1.89 bits per heavy atom. The number of anilines is 1. The van der Waals surface area contributed by atoms with Crippen molar-refractivity contribution in [3.05, 3.63) is 29.6 Å². The van der Waals surface area contributed by atoms with E-state index in [1.54, 1.807) is 6.07 Å². The third kappa shape index (κ3) is 6.71. The first-order chi connectivity index (χ1) is 12.7. The van der Waals surface area contributed by atoms with Crippen molar-refractivity contribution in [2.75, 3.05) is 44.2 Å². The maximum absolute atomic E-state index is 13.5. The zero-order valence-electron chi connectivity index (χ0n) is 16.1. The van der Waals surface area contributed by atoms with Crippen LogP contribution in [0, 0.1) is 5.82 Å². The molecule has 0 aliphatic carbocycles. The summed E-state index contributed by atoms with van der Waals surface area (Å²) in [6.07, 6.45) is 0.414. The summed E-state index contributed by atoms with van der Waals surface area (Å²) in [6.45, 7) is 10.0.